The summed E-state index contributed by atoms with van der Waals surface area (Å²) in [5.74, 6) is 0.800. The van der Waals surface area contributed by atoms with Gasteiger partial charge < -0.3 is 9.26 Å². The Balaban J connectivity index is 1.90. The van der Waals surface area contributed by atoms with Crippen molar-refractivity contribution in [3.8, 4) is 5.75 Å². The number of nitrogens with zero attached hydrogens (tertiary/aromatic N) is 1. The molecule has 0 aliphatic carbocycles. The molecule has 0 fully saturated rings. The molecule has 0 bridgehead atoms. The van der Waals surface area contributed by atoms with Crippen LogP contribution in [-0.4, -0.2) is 11.8 Å². The maximum absolute atomic E-state index is 5.89. The lowest BCUT2D eigenvalue weighted by atomic mass is 10.1. The summed E-state index contributed by atoms with van der Waals surface area (Å²) in [5.41, 5.74) is 2.82. The molecule has 0 radical (unpaired) electrons. The second-order valence-electron chi connectivity index (χ2n) is 4.52. The minimum atomic E-state index is 0.636. The van der Waals surface area contributed by atoms with Gasteiger partial charge in [0.25, 0.3) is 0 Å². The molecular formula is C16H14ClNO2. The molecule has 0 N–H and O–H groups in total. The fraction of sp³-hybridized carbons (Fsp3) is 0.188. The molecule has 0 saturated carbocycles. The van der Waals surface area contributed by atoms with Crippen LogP contribution in [0.2, 0.25) is 5.02 Å². The van der Waals surface area contributed by atoms with E-state index in [0.717, 1.165) is 39.4 Å². The van der Waals surface area contributed by atoms with E-state index in [0.29, 0.717) is 6.61 Å². The molecule has 0 aliphatic rings. The van der Waals surface area contributed by atoms with Crippen molar-refractivity contribution in [2.45, 2.75) is 13.3 Å². The minimum Gasteiger partial charge on any atom is -0.494 e. The van der Waals surface area contributed by atoms with Gasteiger partial charge in [-0.3, -0.25) is 0 Å². The SMILES string of the molecule is CCOc1ccc2c(Cc3ccc(Cl)cc3)noc2c1. The van der Waals surface area contributed by atoms with Gasteiger partial charge in [0.15, 0.2) is 5.58 Å². The maximum Gasteiger partial charge on any atom is 0.170 e. The molecular weight excluding hydrogens is 274 g/mol. The Hall–Kier alpha value is -2.00. The van der Waals surface area contributed by atoms with Gasteiger partial charge in [0, 0.05) is 22.9 Å². The van der Waals surface area contributed by atoms with Crippen molar-refractivity contribution in [2.24, 2.45) is 0 Å². The number of hydrogen-bond acceptors (Lipinski definition) is 3. The van der Waals surface area contributed by atoms with Crippen LogP contribution in [0.15, 0.2) is 47.0 Å². The molecule has 102 valence electrons. The second kappa shape index (κ2) is 5.55. The minimum absolute atomic E-state index is 0.636. The van der Waals surface area contributed by atoms with E-state index >= 15 is 0 Å². The zero-order valence-corrected chi connectivity index (χ0v) is 11.9. The quantitative estimate of drug-likeness (QED) is 0.710. The van der Waals surface area contributed by atoms with Crippen LogP contribution in [0.5, 0.6) is 5.75 Å². The van der Waals surface area contributed by atoms with Gasteiger partial charge in [0.1, 0.15) is 5.75 Å². The van der Waals surface area contributed by atoms with E-state index in [1.54, 1.807) is 0 Å². The third-order valence-corrected chi connectivity index (χ3v) is 3.37. The molecule has 0 spiro atoms. The monoisotopic (exact) mass is 287 g/mol. The van der Waals surface area contributed by atoms with Crippen molar-refractivity contribution in [1.29, 1.82) is 0 Å². The van der Waals surface area contributed by atoms with Crippen molar-refractivity contribution in [3.05, 3.63) is 58.7 Å². The Morgan fingerprint density at radius 2 is 1.95 bits per heavy atom. The molecule has 0 aliphatic heterocycles. The molecule has 20 heavy (non-hydrogen) atoms. The van der Waals surface area contributed by atoms with Crippen LogP contribution in [0.1, 0.15) is 18.2 Å². The first-order chi connectivity index (χ1) is 9.76. The molecule has 3 rings (SSSR count). The number of aromatic nitrogens is 1. The predicted molar refractivity (Wildman–Crippen MR) is 79.4 cm³/mol. The smallest absolute Gasteiger partial charge is 0.170 e. The summed E-state index contributed by atoms with van der Waals surface area (Å²) in [6.07, 6.45) is 0.720. The number of benzene rings is 2. The fourth-order valence-electron chi connectivity index (χ4n) is 2.15. The highest BCUT2D eigenvalue weighted by atomic mass is 35.5. The number of fused-ring (bicyclic) bond motifs is 1. The summed E-state index contributed by atoms with van der Waals surface area (Å²) in [6, 6.07) is 13.6. The Morgan fingerprint density at radius 1 is 1.15 bits per heavy atom. The van der Waals surface area contributed by atoms with Gasteiger partial charge in [-0.05, 0) is 36.8 Å². The van der Waals surface area contributed by atoms with Crippen LogP contribution < -0.4 is 4.74 Å². The lowest BCUT2D eigenvalue weighted by Gasteiger charge is -2.01. The Morgan fingerprint density at radius 3 is 2.70 bits per heavy atom. The van der Waals surface area contributed by atoms with Gasteiger partial charge in [-0.2, -0.15) is 0 Å². The van der Waals surface area contributed by atoms with Gasteiger partial charge in [-0.15, -0.1) is 0 Å². The number of rotatable bonds is 4. The van der Waals surface area contributed by atoms with Gasteiger partial charge >= 0.3 is 0 Å². The van der Waals surface area contributed by atoms with Gasteiger partial charge in [-0.1, -0.05) is 28.9 Å². The zero-order chi connectivity index (χ0) is 13.9. The summed E-state index contributed by atoms with van der Waals surface area (Å²) in [6.45, 7) is 2.59. The van der Waals surface area contributed by atoms with Crippen LogP contribution in [0.25, 0.3) is 11.0 Å². The van der Waals surface area contributed by atoms with Crippen LogP contribution in [0, 0.1) is 0 Å². The highest BCUT2D eigenvalue weighted by molar-refractivity contribution is 6.30. The van der Waals surface area contributed by atoms with Crippen molar-refractivity contribution < 1.29 is 9.26 Å². The largest absolute Gasteiger partial charge is 0.494 e. The Bertz CT molecular complexity index is 719. The summed E-state index contributed by atoms with van der Waals surface area (Å²) < 4.78 is 10.8. The molecule has 0 atom stereocenters. The van der Waals surface area contributed by atoms with Crippen molar-refractivity contribution in [1.82, 2.24) is 5.16 Å². The van der Waals surface area contributed by atoms with Crippen molar-refractivity contribution in [2.75, 3.05) is 6.61 Å². The van der Waals surface area contributed by atoms with E-state index < -0.39 is 0 Å². The van der Waals surface area contributed by atoms with E-state index in [9.17, 15) is 0 Å². The van der Waals surface area contributed by atoms with Gasteiger partial charge in [0.05, 0.1) is 12.3 Å². The lowest BCUT2D eigenvalue weighted by Crippen LogP contribution is -1.91. The summed E-state index contributed by atoms with van der Waals surface area (Å²) in [5, 5.41) is 5.90. The number of ether oxygens (including phenoxy) is 1. The molecule has 1 heterocycles. The van der Waals surface area contributed by atoms with Crippen molar-refractivity contribution in [3.63, 3.8) is 0 Å². The van der Waals surface area contributed by atoms with E-state index in [4.69, 9.17) is 20.9 Å². The zero-order valence-electron chi connectivity index (χ0n) is 11.1. The van der Waals surface area contributed by atoms with Crippen LogP contribution in [0.3, 0.4) is 0 Å². The van der Waals surface area contributed by atoms with E-state index in [1.807, 2.05) is 49.4 Å². The summed E-state index contributed by atoms with van der Waals surface area (Å²) in [4.78, 5) is 0. The van der Waals surface area contributed by atoms with Gasteiger partial charge in [0.2, 0.25) is 0 Å². The number of halogens is 1. The Kier molecular flexibility index (Phi) is 3.61. The lowest BCUT2D eigenvalue weighted by molar-refractivity contribution is 0.339. The van der Waals surface area contributed by atoms with Gasteiger partial charge in [-0.25, -0.2) is 0 Å². The van der Waals surface area contributed by atoms with E-state index in [2.05, 4.69) is 5.16 Å². The van der Waals surface area contributed by atoms with E-state index in [-0.39, 0.29) is 0 Å². The third-order valence-electron chi connectivity index (χ3n) is 3.11. The Labute approximate surface area is 122 Å². The van der Waals surface area contributed by atoms with Crippen LogP contribution >= 0.6 is 11.6 Å². The average molecular weight is 288 g/mol. The first-order valence-electron chi connectivity index (χ1n) is 6.52. The van der Waals surface area contributed by atoms with Crippen molar-refractivity contribution >= 4 is 22.6 Å². The standard InChI is InChI=1S/C16H14ClNO2/c1-2-19-13-7-8-14-15(18-20-16(14)10-13)9-11-3-5-12(17)6-4-11/h3-8,10H,2,9H2,1H3. The van der Waals surface area contributed by atoms with E-state index in [1.165, 1.54) is 0 Å². The topological polar surface area (TPSA) is 35.3 Å². The average Bonchev–Trinajstić information content (AvgIpc) is 2.84. The molecule has 1 aromatic heterocycles. The molecule has 2 aromatic carbocycles. The fourth-order valence-corrected chi connectivity index (χ4v) is 2.28. The summed E-state index contributed by atoms with van der Waals surface area (Å²) in [7, 11) is 0. The normalized spacial score (nSPS) is 10.9. The molecule has 0 amide bonds. The van der Waals surface area contributed by atoms with Crippen LogP contribution in [-0.2, 0) is 6.42 Å². The molecule has 0 saturated heterocycles. The highest BCUT2D eigenvalue weighted by Gasteiger charge is 2.10. The first kappa shape index (κ1) is 13.0. The first-order valence-corrected chi connectivity index (χ1v) is 6.89. The van der Waals surface area contributed by atoms with Crippen LogP contribution in [0.4, 0.5) is 0 Å². The third kappa shape index (κ3) is 2.63. The molecule has 3 aromatic rings. The predicted octanol–water partition coefficient (Wildman–Crippen LogP) is 4.47. The molecule has 4 heteroatoms. The maximum atomic E-state index is 5.89. The highest BCUT2D eigenvalue weighted by Crippen LogP contribution is 2.25. The second-order valence-corrected chi connectivity index (χ2v) is 4.96. The number of hydrogen-bond donors (Lipinski definition) is 0. The molecule has 0 unspecified atom stereocenters. The molecule has 3 nitrogen and oxygen atoms in total. The summed E-state index contributed by atoms with van der Waals surface area (Å²) >= 11 is 5.89.